The van der Waals surface area contributed by atoms with Crippen molar-refractivity contribution in [2.75, 3.05) is 18.2 Å². The van der Waals surface area contributed by atoms with E-state index in [4.69, 9.17) is 10.3 Å². The Morgan fingerprint density at radius 1 is 1.47 bits per heavy atom. The average molecular weight is 261 g/mol. The van der Waals surface area contributed by atoms with Gasteiger partial charge in [0, 0.05) is 6.07 Å². The molecule has 0 saturated heterocycles. The highest BCUT2D eigenvalue weighted by Gasteiger charge is 2.08. The number of hydrogen-bond acceptors (Lipinski definition) is 6. The summed E-state index contributed by atoms with van der Waals surface area (Å²) in [5.74, 6) is 0.344. The molecule has 6 heteroatoms. The lowest BCUT2D eigenvalue weighted by atomic mass is 10.1. The van der Waals surface area contributed by atoms with Crippen LogP contribution >= 0.6 is 0 Å². The van der Waals surface area contributed by atoms with Gasteiger partial charge in [-0.2, -0.15) is 0 Å². The molecular formula is C13H15N3O3. The van der Waals surface area contributed by atoms with Crippen LogP contribution in [0.4, 0.5) is 11.4 Å². The third-order valence-corrected chi connectivity index (χ3v) is 2.61. The Morgan fingerprint density at radius 2 is 2.26 bits per heavy atom. The first-order valence-electron chi connectivity index (χ1n) is 5.74. The predicted molar refractivity (Wildman–Crippen MR) is 70.8 cm³/mol. The summed E-state index contributed by atoms with van der Waals surface area (Å²) >= 11 is 0. The van der Waals surface area contributed by atoms with Gasteiger partial charge in [-0.25, -0.2) is 4.79 Å². The molecule has 0 fully saturated rings. The number of carbonyl (C=O) groups excluding carboxylic acids is 1. The zero-order chi connectivity index (χ0) is 13.8. The molecule has 0 amide bonds. The van der Waals surface area contributed by atoms with Crippen molar-refractivity contribution in [3.63, 3.8) is 0 Å². The van der Waals surface area contributed by atoms with E-state index in [1.165, 1.54) is 7.11 Å². The van der Waals surface area contributed by atoms with Crippen LogP contribution in [0.5, 0.6) is 0 Å². The zero-order valence-electron chi connectivity index (χ0n) is 10.8. The molecule has 2 aromatic rings. The molecular weight excluding hydrogens is 246 g/mol. The fourth-order valence-corrected chi connectivity index (χ4v) is 1.66. The standard InChI is InChI=1S/C13H15N3O3/c1-8-5-10(16-19-8)7-15-12-4-3-9(6-11(12)14)13(17)18-2/h3-6,15H,7,14H2,1-2H3. The fraction of sp³-hybridized carbons (Fsp3) is 0.231. The average Bonchev–Trinajstić information content (AvgIpc) is 2.82. The molecule has 0 aliphatic carbocycles. The maximum Gasteiger partial charge on any atom is 0.337 e. The number of ether oxygens (including phenoxy) is 1. The molecule has 0 atom stereocenters. The van der Waals surface area contributed by atoms with Gasteiger partial charge in [0.05, 0.1) is 30.6 Å². The highest BCUT2D eigenvalue weighted by Crippen LogP contribution is 2.21. The lowest BCUT2D eigenvalue weighted by Crippen LogP contribution is -2.06. The number of carbonyl (C=O) groups is 1. The van der Waals surface area contributed by atoms with E-state index in [0.717, 1.165) is 17.1 Å². The number of nitrogens with one attached hydrogen (secondary N) is 1. The first kappa shape index (κ1) is 12.9. The Balaban J connectivity index is 2.07. The van der Waals surface area contributed by atoms with E-state index in [9.17, 15) is 4.79 Å². The van der Waals surface area contributed by atoms with E-state index in [1.807, 2.05) is 13.0 Å². The number of anilines is 2. The summed E-state index contributed by atoms with van der Waals surface area (Å²) in [4.78, 5) is 11.3. The van der Waals surface area contributed by atoms with Crippen LogP contribution < -0.4 is 11.1 Å². The summed E-state index contributed by atoms with van der Waals surface area (Å²) in [7, 11) is 1.33. The smallest absolute Gasteiger partial charge is 0.337 e. The number of benzene rings is 1. The first-order chi connectivity index (χ1) is 9.10. The van der Waals surface area contributed by atoms with E-state index in [-0.39, 0.29) is 0 Å². The Kier molecular flexibility index (Phi) is 3.70. The van der Waals surface area contributed by atoms with Gasteiger partial charge in [-0.15, -0.1) is 0 Å². The Hall–Kier alpha value is -2.50. The molecule has 100 valence electrons. The zero-order valence-corrected chi connectivity index (χ0v) is 10.8. The minimum Gasteiger partial charge on any atom is -0.465 e. The second-order valence-electron chi connectivity index (χ2n) is 4.08. The van der Waals surface area contributed by atoms with Gasteiger partial charge in [-0.3, -0.25) is 0 Å². The highest BCUT2D eigenvalue weighted by molar-refractivity contribution is 5.91. The summed E-state index contributed by atoms with van der Waals surface area (Å²) in [5, 5.41) is 6.99. The second-order valence-corrected chi connectivity index (χ2v) is 4.08. The molecule has 19 heavy (non-hydrogen) atoms. The molecule has 0 aliphatic rings. The number of rotatable bonds is 4. The van der Waals surface area contributed by atoms with E-state index < -0.39 is 5.97 Å². The summed E-state index contributed by atoms with van der Waals surface area (Å²) in [5.41, 5.74) is 8.28. The fourth-order valence-electron chi connectivity index (χ4n) is 1.66. The predicted octanol–water partition coefficient (Wildman–Crippen LogP) is 1.96. The van der Waals surface area contributed by atoms with E-state index >= 15 is 0 Å². The number of aromatic nitrogens is 1. The molecule has 1 aromatic carbocycles. The van der Waals surface area contributed by atoms with Crippen LogP contribution in [-0.2, 0) is 11.3 Å². The quantitative estimate of drug-likeness (QED) is 0.646. The van der Waals surface area contributed by atoms with Gasteiger partial charge in [-0.05, 0) is 25.1 Å². The minimum absolute atomic E-state index is 0.412. The second kappa shape index (κ2) is 5.43. The van der Waals surface area contributed by atoms with Gasteiger partial charge in [0.15, 0.2) is 0 Å². The van der Waals surface area contributed by atoms with Crippen LogP contribution in [-0.4, -0.2) is 18.2 Å². The number of nitrogens with zero attached hydrogens (tertiary/aromatic N) is 1. The van der Waals surface area contributed by atoms with Crippen molar-refractivity contribution < 1.29 is 14.1 Å². The number of methoxy groups -OCH3 is 1. The number of nitrogens with two attached hydrogens (primary N) is 1. The van der Waals surface area contributed by atoms with E-state index in [2.05, 4.69) is 15.2 Å². The lowest BCUT2D eigenvalue weighted by molar-refractivity contribution is 0.0601. The number of nitrogen functional groups attached to an aromatic ring is 1. The summed E-state index contributed by atoms with van der Waals surface area (Å²) in [6, 6.07) is 6.79. The number of hydrogen-bond donors (Lipinski definition) is 2. The molecule has 0 bridgehead atoms. The van der Waals surface area contributed by atoms with Gasteiger partial charge in [-0.1, -0.05) is 5.16 Å². The van der Waals surface area contributed by atoms with Crippen LogP contribution in [0, 0.1) is 6.92 Å². The van der Waals surface area contributed by atoms with E-state index in [1.54, 1.807) is 18.2 Å². The molecule has 2 rings (SSSR count). The molecule has 1 heterocycles. The van der Waals surface area contributed by atoms with Crippen molar-refractivity contribution >= 4 is 17.3 Å². The van der Waals surface area contributed by atoms with Gasteiger partial charge in [0.1, 0.15) is 11.5 Å². The minimum atomic E-state index is -0.412. The van der Waals surface area contributed by atoms with Crippen molar-refractivity contribution in [3.05, 3.63) is 41.3 Å². The molecule has 0 aliphatic heterocycles. The van der Waals surface area contributed by atoms with Gasteiger partial charge < -0.3 is 20.3 Å². The van der Waals surface area contributed by atoms with Crippen molar-refractivity contribution in [3.8, 4) is 0 Å². The molecule has 0 spiro atoms. The highest BCUT2D eigenvalue weighted by atomic mass is 16.5. The third kappa shape index (κ3) is 3.04. The maximum atomic E-state index is 11.3. The van der Waals surface area contributed by atoms with Crippen molar-refractivity contribution in [2.24, 2.45) is 0 Å². The molecule has 0 unspecified atom stereocenters. The lowest BCUT2D eigenvalue weighted by Gasteiger charge is -2.09. The van der Waals surface area contributed by atoms with Gasteiger partial charge in [0.2, 0.25) is 0 Å². The van der Waals surface area contributed by atoms with Crippen LogP contribution in [0.25, 0.3) is 0 Å². The number of aryl methyl sites for hydroxylation is 1. The summed E-state index contributed by atoms with van der Waals surface area (Å²) in [6.07, 6.45) is 0. The van der Waals surface area contributed by atoms with E-state index in [0.29, 0.717) is 17.8 Å². The van der Waals surface area contributed by atoms with Crippen molar-refractivity contribution in [2.45, 2.75) is 13.5 Å². The largest absolute Gasteiger partial charge is 0.465 e. The SMILES string of the molecule is COC(=O)c1ccc(NCc2cc(C)on2)c(N)c1. The molecule has 3 N–H and O–H groups in total. The summed E-state index contributed by atoms with van der Waals surface area (Å²) < 4.78 is 9.59. The molecule has 1 aromatic heterocycles. The maximum absolute atomic E-state index is 11.3. The van der Waals surface area contributed by atoms with Gasteiger partial charge in [0.25, 0.3) is 0 Å². The normalized spacial score (nSPS) is 10.2. The van der Waals surface area contributed by atoms with Crippen LogP contribution in [0.3, 0.4) is 0 Å². The van der Waals surface area contributed by atoms with Crippen LogP contribution in [0.1, 0.15) is 21.8 Å². The Bertz CT molecular complexity index is 593. The summed E-state index contributed by atoms with van der Waals surface area (Å²) in [6.45, 7) is 2.33. The third-order valence-electron chi connectivity index (χ3n) is 2.61. The molecule has 6 nitrogen and oxygen atoms in total. The monoisotopic (exact) mass is 261 g/mol. The van der Waals surface area contributed by atoms with Gasteiger partial charge >= 0.3 is 5.97 Å². The molecule has 0 saturated carbocycles. The molecule has 0 radical (unpaired) electrons. The van der Waals surface area contributed by atoms with Crippen molar-refractivity contribution in [1.82, 2.24) is 5.16 Å². The van der Waals surface area contributed by atoms with Crippen LogP contribution in [0.2, 0.25) is 0 Å². The van der Waals surface area contributed by atoms with Crippen molar-refractivity contribution in [1.29, 1.82) is 0 Å². The first-order valence-corrected chi connectivity index (χ1v) is 5.74. The Labute approximate surface area is 110 Å². The topological polar surface area (TPSA) is 90.4 Å². The number of esters is 1. The Morgan fingerprint density at radius 3 is 2.84 bits per heavy atom. The van der Waals surface area contributed by atoms with Crippen LogP contribution in [0.15, 0.2) is 28.8 Å².